The third-order valence-electron chi connectivity index (χ3n) is 4.17. The number of nitrogens with zero attached hydrogens (tertiary/aromatic N) is 2. The molecule has 0 unspecified atom stereocenters. The van der Waals surface area contributed by atoms with Crippen LogP contribution in [0.2, 0.25) is 0 Å². The minimum Gasteiger partial charge on any atom is -0.481 e. The molecule has 1 saturated carbocycles. The molecule has 1 aliphatic carbocycles. The smallest absolute Gasteiger partial charge is 0.311 e. The normalized spacial score (nSPS) is 26.1. The van der Waals surface area contributed by atoms with Gasteiger partial charge in [0.2, 0.25) is 5.91 Å². The molecule has 6 nitrogen and oxygen atoms in total. The molecule has 0 bridgehead atoms. The lowest BCUT2D eigenvalue weighted by Crippen LogP contribution is -2.45. The Morgan fingerprint density at radius 1 is 1.45 bits per heavy atom. The maximum absolute atomic E-state index is 11.8. The van der Waals surface area contributed by atoms with Crippen LogP contribution in [0.15, 0.2) is 18.5 Å². The van der Waals surface area contributed by atoms with E-state index in [1.165, 1.54) is 4.68 Å². The van der Waals surface area contributed by atoms with Gasteiger partial charge in [-0.25, -0.2) is 0 Å². The van der Waals surface area contributed by atoms with Crippen LogP contribution in [0.25, 0.3) is 0 Å². The lowest BCUT2D eigenvalue weighted by Gasteiger charge is -2.35. The van der Waals surface area contributed by atoms with Gasteiger partial charge in [0.15, 0.2) is 0 Å². The van der Waals surface area contributed by atoms with Gasteiger partial charge in [0.1, 0.15) is 6.54 Å². The highest BCUT2D eigenvalue weighted by Crippen LogP contribution is 2.38. The number of nitrogens with one attached hydrogen (secondary N) is 1. The van der Waals surface area contributed by atoms with E-state index in [1.807, 2.05) is 0 Å². The third-order valence-corrected chi connectivity index (χ3v) is 4.17. The summed E-state index contributed by atoms with van der Waals surface area (Å²) in [5.41, 5.74) is -0.799. The molecule has 0 spiro atoms. The molecule has 2 rings (SSSR count). The van der Waals surface area contributed by atoms with Crippen molar-refractivity contribution in [2.45, 2.75) is 39.2 Å². The molecule has 1 fully saturated rings. The van der Waals surface area contributed by atoms with Crippen molar-refractivity contribution in [1.82, 2.24) is 15.1 Å². The Hall–Kier alpha value is -1.85. The number of carbonyl (C=O) groups is 2. The first-order chi connectivity index (χ1) is 9.52. The van der Waals surface area contributed by atoms with Crippen molar-refractivity contribution in [2.75, 3.05) is 6.54 Å². The van der Waals surface area contributed by atoms with E-state index < -0.39 is 11.4 Å². The second-order valence-electron chi connectivity index (χ2n) is 5.75. The van der Waals surface area contributed by atoms with E-state index in [2.05, 4.69) is 17.3 Å². The maximum Gasteiger partial charge on any atom is 0.311 e. The van der Waals surface area contributed by atoms with E-state index in [0.717, 1.165) is 12.8 Å². The van der Waals surface area contributed by atoms with Crippen molar-refractivity contribution >= 4 is 11.9 Å². The number of amides is 1. The van der Waals surface area contributed by atoms with Crippen LogP contribution in [-0.2, 0) is 16.1 Å². The summed E-state index contributed by atoms with van der Waals surface area (Å²) in [6.45, 7) is 2.47. The molecule has 0 radical (unpaired) electrons. The molecule has 1 aliphatic rings. The Balaban J connectivity index is 1.89. The zero-order valence-electron chi connectivity index (χ0n) is 11.7. The average molecular weight is 279 g/mol. The Bertz CT molecular complexity index is 462. The predicted molar refractivity (Wildman–Crippen MR) is 72.9 cm³/mol. The third kappa shape index (κ3) is 3.37. The number of aliphatic carboxylic acids is 1. The van der Waals surface area contributed by atoms with Crippen LogP contribution in [0, 0.1) is 11.3 Å². The van der Waals surface area contributed by atoms with Crippen molar-refractivity contribution in [2.24, 2.45) is 11.3 Å². The van der Waals surface area contributed by atoms with Gasteiger partial charge in [-0.15, -0.1) is 0 Å². The van der Waals surface area contributed by atoms with Crippen LogP contribution in [0.4, 0.5) is 0 Å². The fourth-order valence-corrected chi connectivity index (χ4v) is 2.65. The number of carboxylic acids is 1. The maximum atomic E-state index is 11.8. The van der Waals surface area contributed by atoms with E-state index in [1.54, 1.807) is 18.5 Å². The number of carbonyl (C=O) groups excluding carboxylic acids is 1. The fourth-order valence-electron chi connectivity index (χ4n) is 2.65. The van der Waals surface area contributed by atoms with Crippen molar-refractivity contribution < 1.29 is 14.7 Å². The van der Waals surface area contributed by atoms with E-state index in [4.69, 9.17) is 0 Å². The minimum absolute atomic E-state index is 0.124. The van der Waals surface area contributed by atoms with Gasteiger partial charge >= 0.3 is 5.97 Å². The molecule has 0 atom stereocenters. The predicted octanol–water partition coefficient (Wildman–Crippen LogP) is 1.28. The first-order valence-electron chi connectivity index (χ1n) is 6.99. The summed E-state index contributed by atoms with van der Waals surface area (Å²) >= 11 is 0. The SMILES string of the molecule is CC1CCC(CNC(=O)Cn2cccn2)(C(=O)O)CC1. The number of rotatable bonds is 5. The quantitative estimate of drug-likeness (QED) is 0.850. The second kappa shape index (κ2) is 6.07. The summed E-state index contributed by atoms with van der Waals surface area (Å²) in [4.78, 5) is 23.4. The van der Waals surface area contributed by atoms with Gasteiger partial charge in [-0.1, -0.05) is 6.92 Å². The Morgan fingerprint density at radius 2 is 2.15 bits per heavy atom. The van der Waals surface area contributed by atoms with Gasteiger partial charge in [-0.05, 0) is 37.7 Å². The Labute approximate surface area is 118 Å². The molecule has 1 amide bonds. The van der Waals surface area contributed by atoms with Crippen LogP contribution in [-0.4, -0.2) is 33.3 Å². The van der Waals surface area contributed by atoms with Crippen molar-refractivity contribution in [1.29, 1.82) is 0 Å². The largest absolute Gasteiger partial charge is 0.481 e. The van der Waals surface area contributed by atoms with Crippen molar-refractivity contribution in [3.05, 3.63) is 18.5 Å². The van der Waals surface area contributed by atoms with E-state index in [0.29, 0.717) is 18.8 Å². The molecule has 1 heterocycles. The van der Waals surface area contributed by atoms with Crippen LogP contribution in [0.3, 0.4) is 0 Å². The highest BCUT2D eigenvalue weighted by Gasteiger charge is 2.41. The first kappa shape index (κ1) is 14.6. The molecule has 110 valence electrons. The lowest BCUT2D eigenvalue weighted by atomic mass is 9.71. The van der Waals surface area contributed by atoms with Gasteiger partial charge in [0.05, 0.1) is 5.41 Å². The Morgan fingerprint density at radius 3 is 2.70 bits per heavy atom. The summed E-state index contributed by atoms with van der Waals surface area (Å²) in [7, 11) is 0. The van der Waals surface area contributed by atoms with Gasteiger partial charge in [0.25, 0.3) is 0 Å². The number of carboxylic acid groups (broad SMARTS) is 1. The van der Waals surface area contributed by atoms with Crippen LogP contribution in [0.5, 0.6) is 0 Å². The van der Waals surface area contributed by atoms with Gasteiger partial charge in [-0.3, -0.25) is 14.3 Å². The standard InChI is InChI=1S/C14H21N3O3/c1-11-3-5-14(6-4-11,13(19)20)10-15-12(18)9-17-8-2-7-16-17/h2,7-8,11H,3-6,9-10H2,1H3,(H,15,18)(H,19,20). The number of hydrogen-bond acceptors (Lipinski definition) is 3. The van der Waals surface area contributed by atoms with E-state index in [-0.39, 0.29) is 19.0 Å². The van der Waals surface area contributed by atoms with Crippen LogP contribution >= 0.6 is 0 Å². The molecule has 1 aromatic rings. The highest BCUT2D eigenvalue weighted by atomic mass is 16.4. The van der Waals surface area contributed by atoms with Crippen molar-refractivity contribution in [3.63, 3.8) is 0 Å². The van der Waals surface area contributed by atoms with Gasteiger partial charge in [-0.2, -0.15) is 5.10 Å². The summed E-state index contributed by atoms with van der Waals surface area (Å²) in [5.74, 6) is -0.431. The van der Waals surface area contributed by atoms with Crippen molar-refractivity contribution in [3.8, 4) is 0 Å². The summed E-state index contributed by atoms with van der Waals surface area (Å²) in [6.07, 6.45) is 6.38. The van der Waals surface area contributed by atoms with E-state index >= 15 is 0 Å². The van der Waals surface area contributed by atoms with Crippen LogP contribution < -0.4 is 5.32 Å². The summed E-state index contributed by atoms with van der Waals surface area (Å²) in [6, 6.07) is 1.74. The summed E-state index contributed by atoms with van der Waals surface area (Å²) in [5, 5.41) is 16.2. The summed E-state index contributed by atoms with van der Waals surface area (Å²) < 4.78 is 1.52. The molecule has 0 saturated heterocycles. The number of hydrogen-bond donors (Lipinski definition) is 2. The molecule has 1 aromatic heterocycles. The number of aromatic nitrogens is 2. The minimum atomic E-state index is -0.802. The average Bonchev–Trinajstić information content (AvgIpc) is 2.91. The highest BCUT2D eigenvalue weighted by molar-refractivity contribution is 5.79. The molecule has 2 N–H and O–H groups in total. The van der Waals surface area contributed by atoms with Gasteiger partial charge < -0.3 is 10.4 Å². The fraction of sp³-hybridized carbons (Fsp3) is 0.643. The second-order valence-corrected chi connectivity index (χ2v) is 5.75. The molecular weight excluding hydrogens is 258 g/mol. The molecule has 20 heavy (non-hydrogen) atoms. The lowest BCUT2D eigenvalue weighted by molar-refractivity contribution is -0.151. The molecule has 6 heteroatoms. The van der Waals surface area contributed by atoms with Gasteiger partial charge in [0, 0.05) is 18.9 Å². The molecule has 0 aliphatic heterocycles. The van der Waals surface area contributed by atoms with Crippen LogP contribution in [0.1, 0.15) is 32.6 Å². The molecule has 0 aromatic carbocycles. The molecular formula is C14H21N3O3. The zero-order valence-corrected chi connectivity index (χ0v) is 11.7. The Kier molecular flexibility index (Phi) is 4.42. The topological polar surface area (TPSA) is 84.2 Å². The first-order valence-corrected chi connectivity index (χ1v) is 6.99. The zero-order chi connectivity index (χ0) is 14.6. The van der Waals surface area contributed by atoms with E-state index in [9.17, 15) is 14.7 Å². The monoisotopic (exact) mass is 279 g/mol.